The molecule has 0 bridgehead atoms. The Balaban J connectivity index is 1.65. The maximum Gasteiger partial charge on any atom is 0.220 e. The molecular weight excluding hydrogens is 380 g/mol. The van der Waals surface area contributed by atoms with Crippen molar-refractivity contribution >= 4 is 5.91 Å². The third-order valence-corrected chi connectivity index (χ3v) is 6.27. The number of rotatable bonds is 8. The van der Waals surface area contributed by atoms with Crippen molar-refractivity contribution in [3.05, 3.63) is 41.6 Å². The normalized spacial score (nSPS) is 20.9. The number of nitrogens with zero attached hydrogens (tertiary/aromatic N) is 3. The van der Waals surface area contributed by atoms with E-state index in [2.05, 4.69) is 28.8 Å². The molecule has 1 fully saturated rings. The molecule has 1 saturated carbocycles. The van der Waals surface area contributed by atoms with E-state index < -0.39 is 0 Å². The van der Waals surface area contributed by atoms with Crippen LogP contribution in [0.1, 0.15) is 68.4 Å². The van der Waals surface area contributed by atoms with Gasteiger partial charge in [-0.05, 0) is 56.6 Å². The molecule has 7 heteroatoms. The second-order valence-electron chi connectivity index (χ2n) is 8.33. The van der Waals surface area contributed by atoms with E-state index in [1.165, 1.54) is 0 Å². The van der Waals surface area contributed by atoms with E-state index in [4.69, 9.17) is 15.2 Å². The van der Waals surface area contributed by atoms with Gasteiger partial charge in [-0.15, -0.1) is 0 Å². The van der Waals surface area contributed by atoms with Gasteiger partial charge in [0.1, 0.15) is 11.6 Å². The SMILES string of the molecule is COc1ccc([C@@H](C)[C@H](C)COc2nc(C)ncc2C2CCC(C(N)=O)CC2)nc1. The average Bonchev–Trinajstić information content (AvgIpc) is 2.77. The Kier molecular flexibility index (Phi) is 7.24. The van der Waals surface area contributed by atoms with Crippen LogP contribution in [0.4, 0.5) is 0 Å². The summed E-state index contributed by atoms with van der Waals surface area (Å²) in [7, 11) is 1.64. The first-order chi connectivity index (χ1) is 14.4. The summed E-state index contributed by atoms with van der Waals surface area (Å²) in [5.74, 6) is 2.67. The topological polar surface area (TPSA) is 100 Å². The maximum atomic E-state index is 11.5. The van der Waals surface area contributed by atoms with Gasteiger partial charge in [0, 0.05) is 29.3 Å². The second-order valence-corrected chi connectivity index (χ2v) is 8.33. The van der Waals surface area contributed by atoms with Gasteiger partial charge < -0.3 is 15.2 Å². The first-order valence-electron chi connectivity index (χ1n) is 10.6. The van der Waals surface area contributed by atoms with Crippen LogP contribution in [0.15, 0.2) is 24.5 Å². The van der Waals surface area contributed by atoms with Crippen molar-refractivity contribution in [3.63, 3.8) is 0 Å². The molecule has 162 valence electrons. The molecule has 7 nitrogen and oxygen atoms in total. The van der Waals surface area contributed by atoms with Crippen molar-refractivity contribution in [2.24, 2.45) is 17.6 Å². The number of methoxy groups -OCH3 is 1. The molecule has 1 aliphatic carbocycles. The zero-order valence-electron chi connectivity index (χ0n) is 18.3. The van der Waals surface area contributed by atoms with Gasteiger partial charge in [0.25, 0.3) is 0 Å². The molecule has 0 saturated heterocycles. The Morgan fingerprint density at radius 2 is 1.90 bits per heavy atom. The van der Waals surface area contributed by atoms with Crippen LogP contribution >= 0.6 is 0 Å². The number of aromatic nitrogens is 3. The lowest BCUT2D eigenvalue weighted by molar-refractivity contribution is -0.122. The third-order valence-electron chi connectivity index (χ3n) is 6.27. The van der Waals surface area contributed by atoms with Crippen LogP contribution in [0, 0.1) is 18.8 Å². The van der Waals surface area contributed by atoms with E-state index in [9.17, 15) is 4.79 Å². The Morgan fingerprint density at radius 1 is 1.17 bits per heavy atom. The molecular formula is C23H32N4O3. The van der Waals surface area contributed by atoms with Crippen molar-refractivity contribution < 1.29 is 14.3 Å². The summed E-state index contributed by atoms with van der Waals surface area (Å²) in [6.45, 7) is 6.71. The Morgan fingerprint density at radius 3 is 2.50 bits per heavy atom. The minimum absolute atomic E-state index is 0.0187. The van der Waals surface area contributed by atoms with Gasteiger partial charge in [-0.2, -0.15) is 4.98 Å². The zero-order chi connectivity index (χ0) is 21.7. The summed E-state index contributed by atoms with van der Waals surface area (Å²) in [5.41, 5.74) is 7.52. The number of aryl methyl sites for hydroxylation is 1. The quantitative estimate of drug-likeness (QED) is 0.708. The number of primary amides is 1. The van der Waals surface area contributed by atoms with Gasteiger partial charge in [0.2, 0.25) is 11.8 Å². The summed E-state index contributed by atoms with van der Waals surface area (Å²) in [6, 6.07) is 3.93. The van der Waals surface area contributed by atoms with Gasteiger partial charge in [-0.25, -0.2) is 4.98 Å². The van der Waals surface area contributed by atoms with Crippen molar-refractivity contribution in [2.45, 2.75) is 58.3 Å². The number of ether oxygens (including phenoxy) is 2. The van der Waals surface area contributed by atoms with Gasteiger partial charge in [0.05, 0.1) is 19.9 Å². The molecule has 2 aromatic rings. The summed E-state index contributed by atoms with van der Waals surface area (Å²) in [6.07, 6.45) is 7.05. The van der Waals surface area contributed by atoms with E-state index in [0.29, 0.717) is 24.2 Å². The number of amides is 1. The van der Waals surface area contributed by atoms with Gasteiger partial charge >= 0.3 is 0 Å². The number of carbonyl (C=O) groups excluding carboxylic acids is 1. The van der Waals surface area contributed by atoms with E-state index in [1.807, 2.05) is 25.3 Å². The molecule has 2 aromatic heterocycles. The molecule has 0 spiro atoms. The van der Waals surface area contributed by atoms with Crippen molar-refractivity contribution in [3.8, 4) is 11.6 Å². The summed E-state index contributed by atoms with van der Waals surface area (Å²) >= 11 is 0. The number of nitrogens with two attached hydrogens (primary N) is 1. The molecule has 3 rings (SSSR count). The highest BCUT2D eigenvalue weighted by atomic mass is 16.5. The first kappa shape index (κ1) is 22.0. The van der Waals surface area contributed by atoms with Crippen molar-refractivity contribution in [1.82, 2.24) is 15.0 Å². The average molecular weight is 413 g/mol. The Hall–Kier alpha value is -2.70. The largest absolute Gasteiger partial charge is 0.495 e. The number of hydrogen-bond acceptors (Lipinski definition) is 6. The van der Waals surface area contributed by atoms with Crippen molar-refractivity contribution in [1.29, 1.82) is 0 Å². The molecule has 2 heterocycles. The zero-order valence-corrected chi connectivity index (χ0v) is 18.3. The molecule has 0 unspecified atom stereocenters. The van der Waals surface area contributed by atoms with Crippen LogP contribution in [-0.4, -0.2) is 34.6 Å². The Bertz CT molecular complexity index is 848. The van der Waals surface area contributed by atoms with E-state index in [0.717, 1.165) is 42.7 Å². The van der Waals surface area contributed by atoms with Crippen LogP contribution < -0.4 is 15.2 Å². The van der Waals surface area contributed by atoms with E-state index in [1.54, 1.807) is 13.3 Å². The number of hydrogen-bond donors (Lipinski definition) is 1. The molecule has 30 heavy (non-hydrogen) atoms. The van der Waals surface area contributed by atoms with E-state index >= 15 is 0 Å². The summed E-state index contributed by atoms with van der Waals surface area (Å²) in [4.78, 5) is 24.9. The molecule has 1 aliphatic rings. The fraction of sp³-hybridized carbons (Fsp3) is 0.565. The monoisotopic (exact) mass is 412 g/mol. The van der Waals surface area contributed by atoms with Gasteiger partial charge in [-0.1, -0.05) is 13.8 Å². The minimum atomic E-state index is -0.194. The van der Waals surface area contributed by atoms with Crippen molar-refractivity contribution in [2.75, 3.05) is 13.7 Å². The number of carbonyl (C=O) groups is 1. The highest BCUT2D eigenvalue weighted by molar-refractivity contribution is 5.76. The fourth-order valence-electron chi connectivity index (χ4n) is 3.97. The van der Waals surface area contributed by atoms with Crippen LogP contribution in [0.3, 0.4) is 0 Å². The lowest BCUT2D eigenvalue weighted by Gasteiger charge is -2.28. The summed E-state index contributed by atoms with van der Waals surface area (Å²) < 4.78 is 11.4. The Labute approximate surface area is 178 Å². The molecule has 0 aliphatic heterocycles. The van der Waals surface area contributed by atoms with Crippen LogP contribution in [0.2, 0.25) is 0 Å². The molecule has 2 atom stereocenters. The van der Waals surface area contributed by atoms with Crippen LogP contribution in [0.5, 0.6) is 11.6 Å². The van der Waals surface area contributed by atoms with Crippen LogP contribution in [-0.2, 0) is 4.79 Å². The molecule has 2 N–H and O–H groups in total. The highest BCUT2D eigenvalue weighted by Gasteiger charge is 2.28. The molecule has 1 amide bonds. The lowest BCUT2D eigenvalue weighted by atomic mass is 9.79. The third kappa shape index (κ3) is 5.26. The standard InChI is InChI=1S/C23H32N4O3/c1-14(15(2)21-10-9-19(29-4)11-26-21)13-30-23-20(12-25-16(3)27-23)17-5-7-18(8-6-17)22(24)28/h9-12,14-15,17-18H,5-8,13H2,1-4H3,(H2,24,28)/t14-,15+,17?,18?/m1/s1. The maximum absolute atomic E-state index is 11.5. The molecule has 0 aromatic carbocycles. The number of pyridine rings is 1. The first-order valence-corrected chi connectivity index (χ1v) is 10.6. The smallest absolute Gasteiger partial charge is 0.220 e. The van der Waals surface area contributed by atoms with Gasteiger partial charge in [0.15, 0.2) is 0 Å². The second kappa shape index (κ2) is 9.87. The van der Waals surface area contributed by atoms with Crippen LogP contribution in [0.25, 0.3) is 0 Å². The predicted molar refractivity (Wildman–Crippen MR) is 115 cm³/mol. The highest BCUT2D eigenvalue weighted by Crippen LogP contribution is 2.39. The fourth-order valence-corrected chi connectivity index (χ4v) is 3.97. The van der Waals surface area contributed by atoms with Gasteiger partial charge in [-0.3, -0.25) is 9.78 Å². The molecule has 0 radical (unpaired) electrons. The summed E-state index contributed by atoms with van der Waals surface area (Å²) in [5, 5.41) is 0. The lowest BCUT2D eigenvalue weighted by Crippen LogP contribution is -2.27. The minimum Gasteiger partial charge on any atom is -0.495 e. The van der Waals surface area contributed by atoms with E-state index in [-0.39, 0.29) is 23.7 Å². The predicted octanol–water partition coefficient (Wildman–Crippen LogP) is 3.77.